The van der Waals surface area contributed by atoms with Gasteiger partial charge >= 0.3 is 0 Å². The second-order valence-electron chi connectivity index (χ2n) is 5.52. The van der Waals surface area contributed by atoms with E-state index in [2.05, 4.69) is 4.98 Å². The lowest BCUT2D eigenvalue weighted by Crippen LogP contribution is -2.36. The van der Waals surface area contributed by atoms with Gasteiger partial charge in [0.25, 0.3) is 0 Å². The number of hydrogen-bond acceptors (Lipinski definition) is 5. The number of nitrogens with zero attached hydrogens (tertiary/aromatic N) is 3. The van der Waals surface area contributed by atoms with Gasteiger partial charge in [-0.15, -0.1) is 11.3 Å². The molecule has 0 radical (unpaired) electrons. The fraction of sp³-hybridized carbons (Fsp3) is 0.278. The lowest BCUT2D eigenvalue weighted by atomic mass is 10.3. The van der Waals surface area contributed by atoms with E-state index in [1.165, 1.54) is 18.3 Å². The van der Waals surface area contributed by atoms with E-state index in [0.717, 1.165) is 30.3 Å². The van der Waals surface area contributed by atoms with E-state index in [-0.39, 0.29) is 11.8 Å². The summed E-state index contributed by atoms with van der Waals surface area (Å²) in [5.41, 5.74) is 1.46. The summed E-state index contributed by atoms with van der Waals surface area (Å²) in [6.07, 6.45) is 3.28. The van der Waals surface area contributed by atoms with E-state index in [1.807, 2.05) is 52.4 Å². The molecule has 1 fully saturated rings. The second-order valence-corrected chi connectivity index (χ2v) is 7.58. The molecule has 2 heterocycles. The van der Waals surface area contributed by atoms with Crippen LogP contribution in [-0.4, -0.2) is 46.3 Å². The van der Waals surface area contributed by atoms with Gasteiger partial charge in [0.2, 0.25) is 11.8 Å². The first kappa shape index (κ1) is 17.7. The minimum absolute atomic E-state index is 0.0151. The maximum atomic E-state index is 12.2. The third-order valence-electron chi connectivity index (χ3n) is 3.75. The molecule has 7 heteroatoms. The lowest BCUT2D eigenvalue weighted by molar-refractivity contribution is -0.125. The highest BCUT2D eigenvalue weighted by Crippen LogP contribution is 2.29. The van der Waals surface area contributed by atoms with E-state index in [0.29, 0.717) is 10.8 Å². The van der Waals surface area contributed by atoms with Crippen molar-refractivity contribution in [1.82, 2.24) is 9.88 Å². The molecule has 130 valence electrons. The molecule has 1 aliphatic heterocycles. The maximum Gasteiger partial charge on any atom is 0.246 e. The molecule has 1 aliphatic rings. The van der Waals surface area contributed by atoms with Crippen LogP contribution in [0.1, 0.15) is 12.6 Å². The number of aromatic nitrogens is 1. The van der Waals surface area contributed by atoms with Crippen molar-refractivity contribution < 1.29 is 9.59 Å². The summed E-state index contributed by atoms with van der Waals surface area (Å²) >= 11 is 3.25. The summed E-state index contributed by atoms with van der Waals surface area (Å²) in [5, 5.41) is 2.45. The smallest absolute Gasteiger partial charge is 0.246 e. The first-order valence-electron chi connectivity index (χ1n) is 8.01. The van der Waals surface area contributed by atoms with Crippen LogP contribution < -0.4 is 4.90 Å². The predicted molar refractivity (Wildman–Crippen MR) is 104 cm³/mol. The summed E-state index contributed by atoms with van der Waals surface area (Å²) in [4.78, 5) is 32.1. The summed E-state index contributed by atoms with van der Waals surface area (Å²) < 4.78 is 0. The highest BCUT2D eigenvalue weighted by molar-refractivity contribution is 7.99. The summed E-state index contributed by atoms with van der Waals surface area (Å²) in [6.45, 7) is 3.10. The fourth-order valence-electron chi connectivity index (χ4n) is 2.51. The Morgan fingerprint density at radius 3 is 2.60 bits per heavy atom. The zero-order chi connectivity index (χ0) is 17.6. The zero-order valence-electron chi connectivity index (χ0n) is 13.9. The molecule has 5 nitrogen and oxygen atoms in total. The van der Waals surface area contributed by atoms with Gasteiger partial charge in [-0.05, 0) is 18.2 Å². The standard InChI is InChI=1S/C18H19N3O2S2/c1-14(22)21(16-5-3-2-4-6-16)18-19-15(13-25-18)7-8-17(23)20-9-11-24-12-10-20/h2-8,13H,9-12H2,1H3. The molecule has 0 spiro atoms. The Balaban J connectivity index is 1.73. The average Bonchev–Trinajstić information content (AvgIpc) is 3.09. The molecule has 25 heavy (non-hydrogen) atoms. The summed E-state index contributed by atoms with van der Waals surface area (Å²) in [6, 6.07) is 9.42. The van der Waals surface area contributed by atoms with E-state index in [1.54, 1.807) is 17.1 Å². The minimum atomic E-state index is -0.0991. The van der Waals surface area contributed by atoms with Gasteiger partial charge in [-0.2, -0.15) is 11.8 Å². The quantitative estimate of drug-likeness (QED) is 0.771. The predicted octanol–water partition coefficient (Wildman–Crippen LogP) is 3.42. The van der Waals surface area contributed by atoms with Crippen LogP contribution >= 0.6 is 23.1 Å². The molecular formula is C18H19N3O2S2. The molecule has 0 aliphatic carbocycles. The summed E-state index contributed by atoms with van der Waals surface area (Å²) in [7, 11) is 0. The molecule has 1 aromatic heterocycles. The van der Waals surface area contributed by atoms with Crippen LogP contribution in [0.3, 0.4) is 0 Å². The van der Waals surface area contributed by atoms with Crippen LogP contribution in [0.4, 0.5) is 10.8 Å². The van der Waals surface area contributed by atoms with Crippen molar-refractivity contribution in [2.75, 3.05) is 29.5 Å². The van der Waals surface area contributed by atoms with Crippen molar-refractivity contribution >= 4 is 51.8 Å². The Bertz CT molecular complexity index is 768. The highest BCUT2D eigenvalue weighted by atomic mass is 32.2. The van der Waals surface area contributed by atoms with Gasteiger partial charge in [0.15, 0.2) is 5.13 Å². The lowest BCUT2D eigenvalue weighted by Gasteiger charge is -2.24. The van der Waals surface area contributed by atoms with E-state index < -0.39 is 0 Å². The Kier molecular flexibility index (Phi) is 5.88. The fourth-order valence-corrected chi connectivity index (χ4v) is 4.26. The second kappa shape index (κ2) is 8.31. The number of anilines is 2. The highest BCUT2D eigenvalue weighted by Gasteiger charge is 2.18. The van der Waals surface area contributed by atoms with Crippen LogP contribution in [0.5, 0.6) is 0 Å². The molecule has 1 aromatic carbocycles. The van der Waals surface area contributed by atoms with Crippen molar-refractivity contribution in [2.45, 2.75) is 6.92 Å². The van der Waals surface area contributed by atoms with Crippen molar-refractivity contribution in [3.05, 3.63) is 47.5 Å². The SMILES string of the molecule is CC(=O)N(c1ccccc1)c1nc(C=CC(=O)N2CCSCC2)cs1. The molecule has 1 saturated heterocycles. The molecule has 0 N–H and O–H groups in total. The van der Waals surface area contributed by atoms with Gasteiger partial charge in [0.05, 0.1) is 11.4 Å². The van der Waals surface area contributed by atoms with E-state index in [4.69, 9.17) is 0 Å². The zero-order valence-corrected chi connectivity index (χ0v) is 15.6. The van der Waals surface area contributed by atoms with Gasteiger partial charge in [-0.1, -0.05) is 18.2 Å². The number of thiazole rings is 1. The van der Waals surface area contributed by atoms with Crippen molar-refractivity contribution in [2.24, 2.45) is 0 Å². The first-order valence-corrected chi connectivity index (χ1v) is 10.0. The van der Waals surface area contributed by atoms with Crippen LogP contribution in [0.15, 0.2) is 41.8 Å². The molecule has 0 saturated carbocycles. The minimum Gasteiger partial charge on any atom is -0.338 e. The van der Waals surface area contributed by atoms with Gasteiger partial charge < -0.3 is 4.90 Å². The van der Waals surface area contributed by atoms with Crippen molar-refractivity contribution in [1.29, 1.82) is 0 Å². The number of carbonyl (C=O) groups excluding carboxylic acids is 2. The number of benzene rings is 1. The number of thioether (sulfide) groups is 1. The largest absolute Gasteiger partial charge is 0.338 e. The third kappa shape index (κ3) is 4.49. The van der Waals surface area contributed by atoms with Crippen LogP contribution in [-0.2, 0) is 9.59 Å². The number of rotatable bonds is 4. The van der Waals surface area contributed by atoms with Crippen LogP contribution in [0, 0.1) is 0 Å². The normalized spacial score (nSPS) is 14.7. The molecule has 3 rings (SSSR count). The number of para-hydroxylation sites is 1. The van der Waals surface area contributed by atoms with Gasteiger partial charge in [0, 0.05) is 43.0 Å². The average molecular weight is 374 g/mol. The third-order valence-corrected chi connectivity index (χ3v) is 5.54. The van der Waals surface area contributed by atoms with E-state index >= 15 is 0 Å². The van der Waals surface area contributed by atoms with Crippen molar-refractivity contribution in [3.8, 4) is 0 Å². The molecule has 0 unspecified atom stereocenters. The van der Waals surface area contributed by atoms with Crippen LogP contribution in [0.2, 0.25) is 0 Å². The van der Waals surface area contributed by atoms with Crippen LogP contribution in [0.25, 0.3) is 6.08 Å². The molecular weight excluding hydrogens is 354 g/mol. The Hall–Kier alpha value is -2.12. The molecule has 2 amide bonds. The number of amides is 2. The molecule has 0 bridgehead atoms. The Morgan fingerprint density at radius 2 is 1.92 bits per heavy atom. The summed E-state index contributed by atoms with van der Waals surface area (Å²) in [5.74, 6) is 1.90. The van der Waals surface area contributed by atoms with E-state index in [9.17, 15) is 9.59 Å². The monoisotopic (exact) mass is 373 g/mol. The maximum absolute atomic E-state index is 12.2. The van der Waals surface area contributed by atoms with Crippen molar-refractivity contribution in [3.63, 3.8) is 0 Å². The first-order chi connectivity index (χ1) is 12.1. The number of carbonyl (C=O) groups is 2. The van der Waals surface area contributed by atoms with Gasteiger partial charge in [-0.3, -0.25) is 14.5 Å². The Morgan fingerprint density at radius 1 is 1.20 bits per heavy atom. The number of hydrogen-bond donors (Lipinski definition) is 0. The van der Waals surface area contributed by atoms with Gasteiger partial charge in [0.1, 0.15) is 0 Å². The molecule has 2 aromatic rings. The Labute approximate surface area is 155 Å². The topological polar surface area (TPSA) is 53.5 Å². The van der Waals surface area contributed by atoms with Gasteiger partial charge in [-0.25, -0.2) is 4.98 Å². The molecule has 0 atom stereocenters.